The van der Waals surface area contributed by atoms with Crippen molar-refractivity contribution in [3.05, 3.63) is 65.2 Å². The summed E-state index contributed by atoms with van der Waals surface area (Å²) in [5, 5.41) is 8.33. The predicted octanol–water partition coefficient (Wildman–Crippen LogP) is 2.25. The summed E-state index contributed by atoms with van der Waals surface area (Å²) in [6.45, 7) is 1.67. The lowest BCUT2D eigenvalue weighted by Crippen LogP contribution is -2.45. The van der Waals surface area contributed by atoms with Crippen molar-refractivity contribution in [2.45, 2.75) is 17.3 Å². The minimum atomic E-state index is -0.582. The quantitative estimate of drug-likeness (QED) is 0.334. The molecular formula is C18H17ClN6O2S. The zero-order chi connectivity index (χ0) is 20.1. The number of nitrogens with two attached hydrogens (primary N) is 1. The highest BCUT2D eigenvalue weighted by Gasteiger charge is 2.21. The third-order valence-corrected chi connectivity index (χ3v) is 5.15. The van der Waals surface area contributed by atoms with Crippen molar-refractivity contribution < 1.29 is 9.59 Å². The first-order valence-electron chi connectivity index (χ1n) is 8.24. The number of aromatic nitrogens is 3. The highest BCUT2D eigenvalue weighted by Crippen LogP contribution is 2.28. The normalized spacial score (nSPS) is 11.6. The zero-order valence-corrected chi connectivity index (χ0v) is 16.4. The van der Waals surface area contributed by atoms with Crippen LogP contribution in [-0.2, 0) is 4.79 Å². The van der Waals surface area contributed by atoms with Crippen LogP contribution in [0.25, 0.3) is 11.4 Å². The first-order chi connectivity index (χ1) is 13.5. The van der Waals surface area contributed by atoms with Crippen LogP contribution in [0.1, 0.15) is 17.3 Å². The summed E-state index contributed by atoms with van der Waals surface area (Å²) >= 11 is 7.27. The Hall–Kier alpha value is -3.04. The Bertz CT molecular complexity index is 995. The average Bonchev–Trinajstić information content (AvgIpc) is 3.07. The number of halogens is 1. The Morgan fingerprint density at radius 2 is 1.75 bits per heavy atom. The lowest BCUT2D eigenvalue weighted by Gasteiger charge is -2.12. The summed E-state index contributed by atoms with van der Waals surface area (Å²) in [5.41, 5.74) is 5.84. The van der Waals surface area contributed by atoms with E-state index < -0.39 is 17.1 Å². The fraction of sp³-hybridized carbons (Fsp3) is 0.111. The summed E-state index contributed by atoms with van der Waals surface area (Å²) in [5.74, 6) is 5.63. The number of nitrogens with zero attached hydrogens (tertiary/aromatic N) is 3. The molecule has 0 fully saturated rings. The molecule has 1 heterocycles. The van der Waals surface area contributed by atoms with Gasteiger partial charge in [-0.05, 0) is 31.2 Å². The molecule has 4 N–H and O–H groups in total. The minimum Gasteiger partial charge on any atom is -0.335 e. The van der Waals surface area contributed by atoms with E-state index in [2.05, 4.69) is 21.0 Å². The third kappa shape index (κ3) is 4.44. The van der Waals surface area contributed by atoms with Crippen LogP contribution in [0.15, 0.2) is 59.8 Å². The van der Waals surface area contributed by atoms with Gasteiger partial charge in [-0.25, -0.2) is 4.68 Å². The third-order valence-electron chi connectivity index (χ3n) is 3.77. The molecule has 0 aliphatic rings. The van der Waals surface area contributed by atoms with Crippen LogP contribution < -0.4 is 16.7 Å². The summed E-state index contributed by atoms with van der Waals surface area (Å²) in [7, 11) is 0. The van der Waals surface area contributed by atoms with Gasteiger partial charge in [-0.3, -0.25) is 20.4 Å². The molecule has 0 saturated carbocycles. The topological polar surface area (TPSA) is 115 Å². The van der Waals surface area contributed by atoms with Gasteiger partial charge in [0.2, 0.25) is 5.16 Å². The van der Waals surface area contributed by atoms with Gasteiger partial charge in [-0.2, -0.15) is 0 Å². The Morgan fingerprint density at radius 3 is 2.46 bits per heavy atom. The average molecular weight is 417 g/mol. The molecule has 10 heteroatoms. The molecule has 2 aromatic carbocycles. The van der Waals surface area contributed by atoms with E-state index in [1.54, 1.807) is 55.5 Å². The Kier molecular flexibility index (Phi) is 6.17. The van der Waals surface area contributed by atoms with Crippen LogP contribution in [0.4, 0.5) is 0 Å². The number of nitrogens with one attached hydrogen (secondary N) is 2. The number of hydrogen-bond acceptors (Lipinski definition) is 6. The fourth-order valence-corrected chi connectivity index (χ4v) is 3.27. The lowest BCUT2D eigenvalue weighted by molar-refractivity contribution is -0.121. The standard InChI is InChI=1S/C18H17ClN6O2S/c1-11(16(26)22-23-17(27)12-7-3-2-4-8-12)28-18-24-21-15(25(18)20)13-9-5-6-10-14(13)19/h2-11H,20H2,1H3,(H,22,26)(H,23,27)/t11-/m0/s1. The number of rotatable bonds is 5. The number of nitrogen functional groups attached to an aromatic ring is 1. The second-order valence-electron chi connectivity index (χ2n) is 5.73. The molecule has 0 radical (unpaired) electrons. The Morgan fingerprint density at radius 1 is 1.07 bits per heavy atom. The molecule has 28 heavy (non-hydrogen) atoms. The molecule has 1 aromatic heterocycles. The minimum absolute atomic E-state index is 0.340. The van der Waals surface area contributed by atoms with Crippen molar-refractivity contribution in [2.75, 3.05) is 5.84 Å². The molecule has 144 valence electrons. The van der Waals surface area contributed by atoms with Crippen LogP contribution in [0.3, 0.4) is 0 Å². The van der Waals surface area contributed by atoms with Crippen LogP contribution in [0.2, 0.25) is 5.02 Å². The molecule has 0 saturated heterocycles. The highest BCUT2D eigenvalue weighted by atomic mass is 35.5. The van der Waals surface area contributed by atoms with E-state index in [1.165, 1.54) is 4.68 Å². The van der Waals surface area contributed by atoms with E-state index in [0.717, 1.165) is 11.8 Å². The van der Waals surface area contributed by atoms with Gasteiger partial charge in [-0.1, -0.05) is 53.7 Å². The van der Waals surface area contributed by atoms with Gasteiger partial charge < -0.3 is 5.84 Å². The molecule has 0 bridgehead atoms. The van der Waals surface area contributed by atoms with E-state index in [4.69, 9.17) is 17.4 Å². The van der Waals surface area contributed by atoms with Gasteiger partial charge in [0.05, 0.1) is 10.3 Å². The lowest BCUT2D eigenvalue weighted by atomic mass is 10.2. The zero-order valence-electron chi connectivity index (χ0n) is 14.8. The van der Waals surface area contributed by atoms with Gasteiger partial charge in [0.1, 0.15) is 0 Å². The second-order valence-corrected chi connectivity index (χ2v) is 7.44. The van der Waals surface area contributed by atoms with Gasteiger partial charge in [0.25, 0.3) is 11.8 Å². The van der Waals surface area contributed by atoms with Crippen LogP contribution >= 0.6 is 23.4 Å². The van der Waals surface area contributed by atoms with Crippen molar-refractivity contribution in [1.29, 1.82) is 0 Å². The maximum Gasteiger partial charge on any atom is 0.269 e. The first-order valence-corrected chi connectivity index (χ1v) is 9.50. The van der Waals surface area contributed by atoms with E-state index >= 15 is 0 Å². The van der Waals surface area contributed by atoms with E-state index in [0.29, 0.717) is 27.1 Å². The van der Waals surface area contributed by atoms with Crippen LogP contribution in [0.5, 0.6) is 0 Å². The number of carbonyl (C=O) groups excluding carboxylic acids is 2. The van der Waals surface area contributed by atoms with Crippen LogP contribution in [-0.4, -0.2) is 31.9 Å². The molecular weight excluding hydrogens is 400 g/mol. The first kappa shape index (κ1) is 19.7. The molecule has 2 amide bonds. The molecule has 1 atom stereocenters. The van der Waals surface area contributed by atoms with E-state index in [9.17, 15) is 9.59 Å². The molecule has 0 aliphatic carbocycles. The van der Waals surface area contributed by atoms with E-state index in [-0.39, 0.29) is 0 Å². The number of amides is 2. The van der Waals surface area contributed by atoms with Crippen molar-refractivity contribution in [1.82, 2.24) is 25.7 Å². The number of thioether (sulfide) groups is 1. The van der Waals surface area contributed by atoms with Crippen LogP contribution in [0, 0.1) is 0 Å². The van der Waals surface area contributed by atoms with Gasteiger partial charge in [0, 0.05) is 11.1 Å². The monoisotopic (exact) mass is 416 g/mol. The number of carbonyl (C=O) groups is 2. The fourth-order valence-electron chi connectivity index (χ4n) is 2.28. The molecule has 3 aromatic rings. The second kappa shape index (κ2) is 8.77. The maximum absolute atomic E-state index is 12.3. The summed E-state index contributed by atoms with van der Waals surface area (Å²) in [4.78, 5) is 24.2. The van der Waals surface area contributed by atoms with Crippen molar-refractivity contribution >= 4 is 35.2 Å². The van der Waals surface area contributed by atoms with Crippen molar-refractivity contribution in [3.63, 3.8) is 0 Å². The summed E-state index contributed by atoms with van der Waals surface area (Å²) in [6, 6.07) is 15.7. The number of hydrazine groups is 1. The largest absolute Gasteiger partial charge is 0.335 e. The SMILES string of the molecule is C[C@H](Sc1nnc(-c2ccccc2Cl)n1N)C(=O)NNC(=O)c1ccccc1. The van der Waals surface area contributed by atoms with Gasteiger partial charge in [0.15, 0.2) is 5.82 Å². The highest BCUT2D eigenvalue weighted by molar-refractivity contribution is 8.00. The van der Waals surface area contributed by atoms with E-state index in [1.807, 2.05) is 6.07 Å². The molecule has 3 rings (SSSR count). The predicted molar refractivity (Wildman–Crippen MR) is 108 cm³/mol. The molecule has 0 spiro atoms. The smallest absolute Gasteiger partial charge is 0.269 e. The Labute approximate surface area is 170 Å². The van der Waals surface area contributed by atoms with Crippen molar-refractivity contribution in [2.24, 2.45) is 0 Å². The summed E-state index contributed by atoms with van der Waals surface area (Å²) < 4.78 is 1.28. The molecule has 0 unspecified atom stereocenters. The number of hydrogen-bond donors (Lipinski definition) is 3. The van der Waals surface area contributed by atoms with Gasteiger partial charge >= 0.3 is 0 Å². The molecule has 8 nitrogen and oxygen atoms in total. The summed E-state index contributed by atoms with van der Waals surface area (Å²) in [6.07, 6.45) is 0. The van der Waals surface area contributed by atoms with Gasteiger partial charge in [-0.15, -0.1) is 10.2 Å². The number of benzene rings is 2. The van der Waals surface area contributed by atoms with Crippen molar-refractivity contribution in [3.8, 4) is 11.4 Å². The molecule has 0 aliphatic heterocycles. The Balaban J connectivity index is 1.62. The maximum atomic E-state index is 12.3.